The maximum Gasteiger partial charge on any atom is 0.0743 e. The van der Waals surface area contributed by atoms with E-state index in [1.165, 1.54) is 11.1 Å². The number of hydrogen-bond acceptors (Lipinski definition) is 2. The summed E-state index contributed by atoms with van der Waals surface area (Å²) in [5.41, 5.74) is 1.71. The van der Waals surface area contributed by atoms with Crippen LogP contribution in [0.25, 0.3) is 0 Å². The van der Waals surface area contributed by atoms with Crippen LogP contribution in [0.3, 0.4) is 0 Å². The van der Waals surface area contributed by atoms with Gasteiger partial charge in [0.25, 0.3) is 0 Å². The lowest BCUT2D eigenvalue weighted by atomic mass is 9.70. The largest absolute Gasteiger partial charge is 0.389 e. The van der Waals surface area contributed by atoms with Crippen molar-refractivity contribution in [3.05, 3.63) is 84.4 Å². The van der Waals surface area contributed by atoms with Crippen LogP contribution in [0, 0.1) is 5.92 Å². The van der Waals surface area contributed by atoms with Crippen molar-refractivity contribution >= 4 is 0 Å². The Hall–Kier alpha value is -1.90. The Morgan fingerprint density at radius 1 is 1.09 bits per heavy atom. The van der Waals surface area contributed by atoms with Crippen LogP contribution >= 0.6 is 0 Å². The zero-order valence-electron chi connectivity index (χ0n) is 13.7. The van der Waals surface area contributed by atoms with Gasteiger partial charge in [-0.15, -0.1) is 6.58 Å². The number of rotatable bonds is 4. The van der Waals surface area contributed by atoms with Crippen LogP contribution in [0.2, 0.25) is 0 Å². The molecule has 0 saturated carbocycles. The molecule has 0 aromatic heterocycles. The molecular weight excluding hydrogens is 282 g/mol. The van der Waals surface area contributed by atoms with Crippen LogP contribution in [0.1, 0.15) is 43.0 Å². The van der Waals surface area contributed by atoms with Crippen LogP contribution in [0.15, 0.2) is 73.3 Å². The van der Waals surface area contributed by atoms with E-state index in [-0.39, 0.29) is 18.0 Å². The molecule has 120 valence electrons. The first kappa shape index (κ1) is 16.0. The van der Waals surface area contributed by atoms with Gasteiger partial charge in [-0.05, 0) is 24.0 Å². The third-order valence-electron chi connectivity index (χ3n) is 5.14. The maximum atomic E-state index is 11.3. The normalized spacial score (nSPS) is 30.8. The van der Waals surface area contributed by atoms with E-state index >= 15 is 0 Å². The molecule has 1 saturated heterocycles. The molecule has 0 amide bonds. The van der Waals surface area contributed by atoms with Gasteiger partial charge in [0.2, 0.25) is 0 Å². The van der Waals surface area contributed by atoms with E-state index in [4.69, 9.17) is 0 Å². The Labute approximate surface area is 138 Å². The van der Waals surface area contributed by atoms with Crippen molar-refractivity contribution in [2.75, 3.05) is 0 Å². The highest BCUT2D eigenvalue weighted by molar-refractivity contribution is 5.26. The summed E-state index contributed by atoms with van der Waals surface area (Å²) in [6, 6.07) is 21.1. The fourth-order valence-electron chi connectivity index (χ4n) is 3.73. The molecule has 1 aliphatic rings. The third kappa shape index (κ3) is 3.24. The molecule has 0 radical (unpaired) electrons. The highest BCUT2D eigenvalue weighted by Gasteiger charge is 2.45. The lowest BCUT2D eigenvalue weighted by molar-refractivity contribution is -0.0654. The Morgan fingerprint density at radius 3 is 2.22 bits per heavy atom. The summed E-state index contributed by atoms with van der Waals surface area (Å²) in [5.74, 6) is 0.114. The monoisotopic (exact) mass is 307 g/mol. The topological polar surface area (TPSA) is 32.3 Å². The summed E-state index contributed by atoms with van der Waals surface area (Å²) < 4.78 is 0. The zero-order valence-corrected chi connectivity index (χ0v) is 13.7. The van der Waals surface area contributed by atoms with E-state index in [0.717, 1.165) is 0 Å². The summed E-state index contributed by atoms with van der Waals surface area (Å²) in [6.45, 7) is 5.98. The molecule has 1 aliphatic heterocycles. The minimum Gasteiger partial charge on any atom is -0.389 e. The average Bonchev–Trinajstić information content (AvgIpc) is 2.59. The van der Waals surface area contributed by atoms with Gasteiger partial charge < -0.3 is 10.4 Å². The predicted molar refractivity (Wildman–Crippen MR) is 95.0 cm³/mol. The van der Waals surface area contributed by atoms with Crippen LogP contribution < -0.4 is 5.32 Å². The first-order valence-electron chi connectivity index (χ1n) is 8.33. The van der Waals surface area contributed by atoms with Crippen molar-refractivity contribution in [3.63, 3.8) is 0 Å². The van der Waals surface area contributed by atoms with Gasteiger partial charge in [0, 0.05) is 18.0 Å². The van der Waals surface area contributed by atoms with E-state index in [2.05, 4.69) is 67.4 Å². The molecule has 2 aromatic rings. The zero-order chi connectivity index (χ0) is 16.3. The van der Waals surface area contributed by atoms with Crippen molar-refractivity contribution in [2.45, 2.75) is 37.5 Å². The van der Waals surface area contributed by atoms with Gasteiger partial charge in [0.05, 0.1) is 5.60 Å². The maximum absolute atomic E-state index is 11.3. The van der Waals surface area contributed by atoms with Gasteiger partial charge >= 0.3 is 0 Å². The Balaban J connectivity index is 1.97. The molecule has 0 bridgehead atoms. The molecule has 0 unspecified atom stereocenters. The summed E-state index contributed by atoms with van der Waals surface area (Å²) in [4.78, 5) is 0. The first-order valence-corrected chi connectivity index (χ1v) is 8.33. The van der Waals surface area contributed by atoms with Crippen molar-refractivity contribution in [3.8, 4) is 0 Å². The second-order valence-corrected chi connectivity index (χ2v) is 6.61. The standard InChI is InChI=1S/C21H25NO/c1-3-14-21(23)15-19(17-10-6-4-7-11-17)22-20(16(21)2)18-12-8-5-9-13-18/h3-13,16,19-20,22-23H,1,14-15H2,2H3/t16-,19-,20+,21+/m1/s1. The second kappa shape index (κ2) is 6.69. The van der Waals surface area contributed by atoms with Crippen LogP contribution in [-0.2, 0) is 0 Å². The quantitative estimate of drug-likeness (QED) is 0.820. The SMILES string of the molecule is C=CC[C@]1(O)C[C@H](c2ccccc2)N[C@H](c2ccccc2)[C@H]1C. The second-order valence-electron chi connectivity index (χ2n) is 6.61. The fourth-order valence-corrected chi connectivity index (χ4v) is 3.73. The molecule has 2 nitrogen and oxygen atoms in total. The fraction of sp³-hybridized carbons (Fsp3) is 0.333. The number of benzene rings is 2. The lowest BCUT2D eigenvalue weighted by Gasteiger charge is -2.47. The first-order chi connectivity index (χ1) is 11.1. The molecule has 1 fully saturated rings. The van der Waals surface area contributed by atoms with Gasteiger partial charge in [0.1, 0.15) is 0 Å². The van der Waals surface area contributed by atoms with Gasteiger partial charge in [-0.1, -0.05) is 73.7 Å². The van der Waals surface area contributed by atoms with Gasteiger partial charge in [-0.3, -0.25) is 0 Å². The Morgan fingerprint density at radius 2 is 1.65 bits per heavy atom. The molecule has 3 rings (SSSR count). The van der Waals surface area contributed by atoms with E-state index in [1.54, 1.807) is 0 Å². The van der Waals surface area contributed by atoms with E-state index in [1.807, 2.05) is 18.2 Å². The van der Waals surface area contributed by atoms with Crippen LogP contribution in [0.5, 0.6) is 0 Å². The summed E-state index contributed by atoms with van der Waals surface area (Å²) in [5, 5.41) is 15.0. The van der Waals surface area contributed by atoms with Gasteiger partial charge in [0.15, 0.2) is 0 Å². The molecule has 2 heteroatoms. The molecule has 0 aliphatic carbocycles. The molecule has 2 aromatic carbocycles. The highest BCUT2D eigenvalue weighted by atomic mass is 16.3. The molecule has 2 N–H and O–H groups in total. The minimum atomic E-state index is -0.742. The molecule has 1 heterocycles. The number of hydrogen-bond donors (Lipinski definition) is 2. The summed E-state index contributed by atoms with van der Waals surface area (Å²) in [6.07, 6.45) is 3.15. The predicted octanol–water partition coefficient (Wildman–Crippen LogP) is 4.41. The Bertz CT molecular complexity index is 639. The number of nitrogens with one attached hydrogen (secondary N) is 1. The smallest absolute Gasteiger partial charge is 0.0743 e. The molecule has 23 heavy (non-hydrogen) atoms. The van der Waals surface area contributed by atoms with E-state index < -0.39 is 5.60 Å². The van der Waals surface area contributed by atoms with Gasteiger partial charge in [-0.25, -0.2) is 0 Å². The van der Waals surface area contributed by atoms with Crippen molar-refractivity contribution in [2.24, 2.45) is 5.92 Å². The highest BCUT2D eigenvalue weighted by Crippen LogP contribution is 2.44. The molecule has 0 spiro atoms. The van der Waals surface area contributed by atoms with Crippen LogP contribution in [-0.4, -0.2) is 10.7 Å². The Kier molecular flexibility index (Phi) is 4.65. The molecule has 4 atom stereocenters. The number of aliphatic hydroxyl groups is 1. The van der Waals surface area contributed by atoms with Crippen molar-refractivity contribution in [1.82, 2.24) is 5.32 Å². The molecular formula is C21H25NO. The third-order valence-corrected chi connectivity index (χ3v) is 5.14. The van der Waals surface area contributed by atoms with Gasteiger partial charge in [-0.2, -0.15) is 0 Å². The minimum absolute atomic E-state index is 0.114. The van der Waals surface area contributed by atoms with E-state index in [0.29, 0.717) is 12.8 Å². The van der Waals surface area contributed by atoms with Crippen molar-refractivity contribution < 1.29 is 5.11 Å². The van der Waals surface area contributed by atoms with Crippen LogP contribution in [0.4, 0.5) is 0 Å². The number of piperidine rings is 1. The van der Waals surface area contributed by atoms with Crippen molar-refractivity contribution in [1.29, 1.82) is 0 Å². The van der Waals surface area contributed by atoms with E-state index in [9.17, 15) is 5.11 Å². The summed E-state index contributed by atoms with van der Waals surface area (Å²) >= 11 is 0. The lowest BCUT2D eigenvalue weighted by Crippen LogP contribution is -2.51. The average molecular weight is 307 g/mol. The summed E-state index contributed by atoms with van der Waals surface area (Å²) in [7, 11) is 0.